The smallest absolute Gasteiger partial charge is 0.257 e. The summed E-state index contributed by atoms with van der Waals surface area (Å²) in [7, 11) is -2.03. The number of ether oxygens (including phenoxy) is 1. The van der Waals surface area contributed by atoms with Crippen molar-refractivity contribution in [2.45, 2.75) is 23.7 Å². The van der Waals surface area contributed by atoms with Crippen LogP contribution in [0.15, 0.2) is 64.0 Å². The van der Waals surface area contributed by atoms with E-state index >= 15 is 0 Å². The lowest BCUT2D eigenvalue weighted by Gasteiger charge is -2.29. The van der Waals surface area contributed by atoms with Gasteiger partial charge in [-0.3, -0.25) is 0 Å². The number of hydrogen-bond acceptors (Lipinski definition) is 6. The van der Waals surface area contributed by atoms with Crippen molar-refractivity contribution in [1.82, 2.24) is 14.4 Å². The van der Waals surface area contributed by atoms with Gasteiger partial charge in [-0.15, -0.1) is 0 Å². The molecule has 3 aromatic rings. The normalized spacial score (nSPS) is 16.2. The van der Waals surface area contributed by atoms with E-state index in [0.717, 1.165) is 5.56 Å². The van der Waals surface area contributed by atoms with Crippen molar-refractivity contribution in [3.8, 4) is 17.2 Å². The molecule has 1 aromatic heterocycles. The zero-order valence-electron chi connectivity index (χ0n) is 15.5. The summed E-state index contributed by atoms with van der Waals surface area (Å²) in [6.07, 6.45) is 1.30. The summed E-state index contributed by atoms with van der Waals surface area (Å²) in [5, 5.41) is 4.11. The molecule has 0 radical (unpaired) electrons. The largest absolute Gasteiger partial charge is 0.497 e. The predicted molar refractivity (Wildman–Crippen MR) is 103 cm³/mol. The third-order valence-electron chi connectivity index (χ3n) is 4.96. The van der Waals surface area contributed by atoms with Crippen LogP contribution in [0.4, 0.5) is 0 Å². The minimum Gasteiger partial charge on any atom is -0.497 e. The molecule has 146 valence electrons. The summed E-state index contributed by atoms with van der Waals surface area (Å²) >= 11 is 0. The summed E-state index contributed by atoms with van der Waals surface area (Å²) in [5.74, 6) is 1.73. The maximum absolute atomic E-state index is 12.9. The molecule has 0 aliphatic carbocycles. The van der Waals surface area contributed by atoms with Gasteiger partial charge < -0.3 is 9.26 Å². The molecule has 0 saturated carbocycles. The fourth-order valence-electron chi connectivity index (χ4n) is 3.36. The molecule has 0 unspecified atom stereocenters. The van der Waals surface area contributed by atoms with Gasteiger partial charge in [-0.1, -0.05) is 29.4 Å². The Hall–Kier alpha value is -2.71. The van der Waals surface area contributed by atoms with E-state index in [0.29, 0.717) is 43.4 Å². The highest BCUT2D eigenvalue weighted by atomic mass is 32.2. The molecule has 0 spiro atoms. The zero-order chi connectivity index (χ0) is 19.6. The van der Waals surface area contributed by atoms with Crippen molar-refractivity contribution >= 4 is 10.0 Å². The molecule has 0 bridgehead atoms. The van der Waals surface area contributed by atoms with Gasteiger partial charge in [0.1, 0.15) is 5.75 Å². The van der Waals surface area contributed by atoms with Gasteiger partial charge in [-0.05, 0) is 37.1 Å². The first-order valence-electron chi connectivity index (χ1n) is 9.11. The van der Waals surface area contributed by atoms with E-state index < -0.39 is 10.0 Å². The number of aromatic nitrogens is 2. The molecule has 0 N–H and O–H groups in total. The van der Waals surface area contributed by atoms with Gasteiger partial charge in [-0.25, -0.2) is 8.42 Å². The SMILES string of the molecule is COc1cccc(S(=O)(=O)N2CCC(c3noc(-c4ccccc4)n3)CC2)c1. The highest BCUT2D eigenvalue weighted by Gasteiger charge is 2.32. The van der Waals surface area contributed by atoms with Gasteiger partial charge in [0.15, 0.2) is 5.82 Å². The van der Waals surface area contributed by atoms with Crippen molar-refractivity contribution in [3.63, 3.8) is 0 Å². The monoisotopic (exact) mass is 399 g/mol. The Morgan fingerprint density at radius 3 is 2.54 bits per heavy atom. The minimum absolute atomic E-state index is 0.0815. The van der Waals surface area contributed by atoms with Crippen molar-refractivity contribution in [3.05, 3.63) is 60.4 Å². The van der Waals surface area contributed by atoms with Crippen molar-refractivity contribution in [1.29, 1.82) is 0 Å². The molecule has 1 aliphatic heterocycles. The van der Waals surface area contributed by atoms with E-state index in [9.17, 15) is 8.42 Å². The molecule has 2 aromatic carbocycles. The number of rotatable bonds is 5. The molecule has 7 nitrogen and oxygen atoms in total. The quantitative estimate of drug-likeness (QED) is 0.654. The predicted octanol–water partition coefficient (Wildman–Crippen LogP) is 3.31. The lowest BCUT2D eigenvalue weighted by atomic mass is 9.97. The Balaban J connectivity index is 1.45. The maximum atomic E-state index is 12.9. The topological polar surface area (TPSA) is 85.5 Å². The van der Waals surface area contributed by atoms with Crippen LogP contribution < -0.4 is 4.74 Å². The first-order valence-corrected chi connectivity index (χ1v) is 10.5. The molecule has 1 saturated heterocycles. The first-order chi connectivity index (χ1) is 13.6. The average molecular weight is 399 g/mol. The van der Waals surface area contributed by atoms with Crippen LogP contribution in [0, 0.1) is 0 Å². The van der Waals surface area contributed by atoms with Crippen LogP contribution in [0.3, 0.4) is 0 Å². The summed E-state index contributed by atoms with van der Waals surface area (Å²) in [5.41, 5.74) is 0.874. The van der Waals surface area contributed by atoms with Crippen molar-refractivity contribution in [2.75, 3.05) is 20.2 Å². The van der Waals surface area contributed by atoms with Crippen LogP contribution in [0.1, 0.15) is 24.6 Å². The van der Waals surface area contributed by atoms with Crippen molar-refractivity contribution < 1.29 is 17.7 Å². The van der Waals surface area contributed by atoms with Crippen LogP contribution in [-0.4, -0.2) is 43.1 Å². The minimum atomic E-state index is -3.55. The lowest BCUT2D eigenvalue weighted by molar-refractivity contribution is 0.307. The third-order valence-corrected chi connectivity index (χ3v) is 6.86. The van der Waals surface area contributed by atoms with Crippen LogP contribution in [0.5, 0.6) is 5.75 Å². The lowest BCUT2D eigenvalue weighted by Crippen LogP contribution is -2.38. The van der Waals surface area contributed by atoms with Gasteiger partial charge >= 0.3 is 0 Å². The second-order valence-corrected chi connectivity index (χ2v) is 8.62. The number of nitrogens with zero attached hydrogens (tertiary/aromatic N) is 3. The summed E-state index contributed by atoms with van der Waals surface area (Å²) in [4.78, 5) is 4.76. The van der Waals surface area contributed by atoms with Gasteiger partial charge in [0, 0.05) is 30.6 Å². The highest BCUT2D eigenvalue weighted by Crippen LogP contribution is 2.31. The van der Waals surface area contributed by atoms with Gasteiger partial charge in [-0.2, -0.15) is 9.29 Å². The second kappa shape index (κ2) is 7.73. The van der Waals surface area contributed by atoms with Crippen LogP contribution in [-0.2, 0) is 10.0 Å². The second-order valence-electron chi connectivity index (χ2n) is 6.68. The van der Waals surface area contributed by atoms with Gasteiger partial charge in [0.25, 0.3) is 5.89 Å². The number of piperidine rings is 1. The van der Waals surface area contributed by atoms with E-state index in [1.54, 1.807) is 24.3 Å². The standard InChI is InChI=1S/C20H21N3O4S/c1-26-17-8-5-9-18(14-17)28(24,25)23-12-10-15(11-13-23)19-21-20(27-22-19)16-6-3-2-4-7-16/h2-9,14-15H,10-13H2,1H3. The Morgan fingerprint density at radius 2 is 1.82 bits per heavy atom. The van der Waals surface area contributed by atoms with Gasteiger partial charge in [0.05, 0.1) is 12.0 Å². The van der Waals surface area contributed by atoms with E-state index in [4.69, 9.17) is 9.26 Å². The summed E-state index contributed by atoms with van der Waals surface area (Å²) in [6.45, 7) is 0.832. The zero-order valence-corrected chi connectivity index (χ0v) is 16.3. The molecule has 1 fully saturated rings. The highest BCUT2D eigenvalue weighted by molar-refractivity contribution is 7.89. The number of sulfonamides is 1. The maximum Gasteiger partial charge on any atom is 0.257 e. The number of methoxy groups -OCH3 is 1. The average Bonchev–Trinajstić information content (AvgIpc) is 3.25. The van der Waals surface area contributed by atoms with Crippen molar-refractivity contribution in [2.24, 2.45) is 0 Å². The summed E-state index contributed by atoms with van der Waals surface area (Å²) < 4.78 is 37.9. The van der Waals surface area contributed by atoms with Crippen LogP contribution >= 0.6 is 0 Å². The number of hydrogen-bond donors (Lipinski definition) is 0. The molecule has 0 amide bonds. The molecular weight excluding hydrogens is 378 g/mol. The van der Waals surface area contributed by atoms with E-state index in [1.807, 2.05) is 30.3 Å². The van der Waals surface area contributed by atoms with Crippen LogP contribution in [0.2, 0.25) is 0 Å². The fraction of sp³-hybridized carbons (Fsp3) is 0.300. The van der Waals surface area contributed by atoms with Gasteiger partial charge in [0.2, 0.25) is 10.0 Å². The molecule has 4 rings (SSSR count). The molecule has 2 heterocycles. The molecule has 8 heteroatoms. The third kappa shape index (κ3) is 3.65. The van der Waals surface area contributed by atoms with E-state index in [-0.39, 0.29) is 10.8 Å². The summed E-state index contributed by atoms with van der Waals surface area (Å²) in [6, 6.07) is 16.2. The fourth-order valence-corrected chi connectivity index (χ4v) is 4.87. The van der Waals surface area contributed by atoms with Crippen LogP contribution in [0.25, 0.3) is 11.5 Å². The Labute approximate surface area is 164 Å². The first kappa shape index (κ1) is 18.6. The van der Waals surface area contributed by atoms with E-state index in [2.05, 4.69) is 10.1 Å². The Kier molecular flexibility index (Phi) is 5.15. The molecule has 0 atom stereocenters. The Bertz CT molecular complexity index is 1040. The van der Waals surface area contributed by atoms with E-state index in [1.165, 1.54) is 11.4 Å². The Morgan fingerprint density at radius 1 is 1.07 bits per heavy atom. The molecule has 1 aliphatic rings. The molecule has 28 heavy (non-hydrogen) atoms. The number of benzene rings is 2. The molecular formula is C20H21N3O4S.